The Balaban J connectivity index is 1.28. The molecule has 1 aromatic heterocycles. The highest BCUT2D eigenvalue weighted by molar-refractivity contribution is 7.26. The highest BCUT2D eigenvalue weighted by Gasteiger charge is 2.47. The second-order valence-corrected chi connectivity index (χ2v) is 18.1. The van der Waals surface area contributed by atoms with Crippen LogP contribution in [0, 0.1) is 13.8 Å². The van der Waals surface area contributed by atoms with Crippen molar-refractivity contribution in [1.29, 1.82) is 0 Å². The molecule has 5 aliphatic rings. The SMILES string of the molecule is Cc1cc2c(c(C)c1N1c3cc(C(C)C)cc4c3B(c3cc5c(cc3N4c3ccc4c(c3)OCCO4)OCCO5)c3c1sc1ccc(C(C)(C)C)cc31)OCCO2. The number of hydrogen-bond acceptors (Lipinski definition) is 9. The molecule has 0 saturated heterocycles. The van der Waals surface area contributed by atoms with Crippen molar-refractivity contribution >= 4 is 78.0 Å². The van der Waals surface area contributed by atoms with Crippen LogP contribution in [0.5, 0.6) is 34.5 Å². The highest BCUT2D eigenvalue weighted by Crippen LogP contribution is 2.54. The van der Waals surface area contributed by atoms with Gasteiger partial charge in [-0.2, -0.15) is 0 Å². The molecule has 0 N–H and O–H groups in total. The second-order valence-electron chi connectivity index (χ2n) is 17.1. The largest absolute Gasteiger partial charge is 0.486 e. The molecule has 288 valence electrons. The van der Waals surface area contributed by atoms with Crippen molar-refractivity contribution in [2.45, 2.75) is 59.8 Å². The Morgan fingerprint density at radius 1 is 0.632 bits per heavy atom. The minimum absolute atomic E-state index is 0.0284. The Hall–Kier alpha value is -5.48. The summed E-state index contributed by atoms with van der Waals surface area (Å²) in [7, 11) is 0. The summed E-state index contributed by atoms with van der Waals surface area (Å²) in [6, 6.07) is 24.9. The fourth-order valence-corrected chi connectivity index (χ4v) is 10.6. The van der Waals surface area contributed by atoms with E-state index in [2.05, 4.69) is 119 Å². The molecule has 5 aromatic carbocycles. The minimum Gasteiger partial charge on any atom is -0.486 e. The molecule has 0 atom stereocenters. The van der Waals surface area contributed by atoms with Gasteiger partial charge in [-0.05, 0) is 106 Å². The number of thiophene rings is 1. The highest BCUT2D eigenvalue weighted by atomic mass is 32.1. The van der Waals surface area contributed by atoms with Gasteiger partial charge in [0.2, 0.25) is 0 Å². The molecule has 6 aromatic rings. The third-order valence-corrected chi connectivity index (χ3v) is 13.3. The van der Waals surface area contributed by atoms with Crippen LogP contribution in [-0.2, 0) is 5.41 Å². The lowest BCUT2D eigenvalue weighted by Gasteiger charge is -2.44. The number of anilines is 6. The molecule has 11 rings (SSSR count). The van der Waals surface area contributed by atoms with Crippen molar-refractivity contribution < 1.29 is 28.4 Å². The Labute approximate surface area is 337 Å². The van der Waals surface area contributed by atoms with E-state index in [-0.39, 0.29) is 18.0 Å². The van der Waals surface area contributed by atoms with Crippen molar-refractivity contribution in [1.82, 2.24) is 0 Å². The quantitative estimate of drug-likeness (QED) is 0.165. The second kappa shape index (κ2) is 12.5. The molecule has 57 heavy (non-hydrogen) atoms. The number of rotatable bonds is 3. The molecule has 0 fully saturated rings. The monoisotopic (exact) mass is 776 g/mol. The zero-order valence-corrected chi connectivity index (χ0v) is 34.3. The van der Waals surface area contributed by atoms with Crippen LogP contribution in [0.2, 0.25) is 0 Å². The lowest BCUT2D eigenvalue weighted by molar-refractivity contribution is 0.170. The summed E-state index contributed by atoms with van der Waals surface area (Å²) in [6.07, 6.45) is 0. The molecule has 5 aliphatic heterocycles. The van der Waals surface area contributed by atoms with Gasteiger partial charge in [-0.15, -0.1) is 11.3 Å². The molecule has 0 aliphatic carbocycles. The molecule has 0 bridgehead atoms. The third-order valence-electron chi connectivity index (χ3n) is 12.1. The molecule has 0 amide bonds. The van der Waals surface area contributed by atoms with Gasteiger partial charge in [0.05, 0.1) is 16.4 Å². The van der Waals surface area contributed by atoms with E-state index in [0.717, 1.165) is 68.4 Å². The van der Waals surface area contributed by atoms with Crippen LogP contribution in [0.15, 0.2) is 66.7 Å². The number of hydrogen-bond donors (Lipinski definition) is 0. The lowest BCUT2D eigenvalue weighted by Crippen LogP contribution is -2.61. The Bertz CT molecular complexity index is 2680. The van der Waals surface area contributed by atoms with Crippen LogP contribution in [-0.4, -0.2) is 46.4 Å². The van der Waals surface area contributed by atoms with Gasteiger partial charge in [0.15, 0.2) is 34.5 Å². The summed E-state index contributed by atoms with van der Waals surface area (Å²) in [5.74, 6) is 4.95. The summed E-state index contributed by atoms with van der Waals surface area (Å²) in [5.41, 5.74) is 14.0. The van der Waals surface area contributed by atoms with E-state index in [9.17, 15) is 0 Å². The topological polar surface area (TPSA) is 61.9 Å². The Morgan fingerprint density at radius 2 is 1.28 bits per heavy atom. The van der Waals surface area contributed by atoms with Crippen molar-refractivity contribution in [2.75, 3.05) is 49.4 Å². The molecule has 0 unspecified atom stereocenters. The number of ether oxygens (including phenoxy) is 6. The maximum atomic E-state index is 6.38. The molecule has 0 radical (unpaired) electrons. The molecule has 8 nitrogen and oxygen atoms in total. The predicted molar refractivity (Wildman–Crippen MR) is 231 cm³/mol. The van der Waals surface area contributed by atoms with Crippen LogP contribution in [0.25, 0.3) is 10.1 Å². The number of aryl methyl sites for hydroxylation is 1. The zero-order valence-electron chi connectivity index (χ0n) is 33.5. The fraction of sp³-hybridized carbons (Fsp3) is 0.319. The van der Waals surface area contributed by atoms with Gasteiger partial charge >= 0.3 is 0 Å². The lowest BCUT2D eigenvalue weighted by atomic mass is 9.33. The number of benzene rings is 5. The van der Waals surface area contributed by atoms with E-state index in [4.69, 9.17) is 28.4 Å². The summed E-state index contributed by atoms with van der Waals surface area (Å²) >= 11 is 1.87. The fourth-order valence-electron chi connectivity index (χ4n) is 9.39. The van der Waals surface area contributed by atoms with Crippen LogP contribution < -0.4 is 54.6 Å². The van der Waals surface area contributed by atoms with E-state index in [1.54, 1.807) is 0 Å². The van der Waals surface area contributed by atoms with E-state index in [0.29, 0.717) is 39.6 Å². The van der Waals surface area contributed by atoms with Crippen LogP contribution >= 0.6 is 11.3 Å². The average molecular weight is 777 g/mol. The standard InChI is InChI=1S/C47H45BN2O6S/c1-25(2)28-19-34-43-35(20-28)50(44-26(3)18-40-45(27(44)4)56-17-16-55-40)46-42(31-21-29(47(5,6)7)8-11-41(31)57-46)48(43)32-23-38-39(54-15-14-53-38)24-33(32)49(34)30-9-10-36-37(22-30)52-13-12-51-36/h8-11,18-25H,12-17H2,1-7H3. The normalized spacial score (nSPS) is 16.1. The number of fused-ring (bicyclic) bond motifs is 9. The van der Waals surface area contributed by atoms with Crippen molar-refractivity contribution in [2.24, 2.45) is 0 Å². The Morgan fingerprint density at radius 3 is 2.00 bits per heavy atom. The van der Waals surface area contributed by atoms with E-state index in [1.807, 2.05) is 17.4 Å². The third kappa shape index (κ3) is 5.18. The molecule has 6 heterocycles. The van der Waals surface area contributed by atoms with Crippen LogP contribution in [0.1, 0.15) is 62.8 Å². The number of nitrogens with zero attached hydrogens (tertiary/aromatic N) is 2. The van der Waals surface area contributed by atoms with Gasteiger partial charge in [0.25, 0.3) is 6.71 Å². The van der Waals surface area contributed by atoms with Gasteiger partial charge in [-0.1, -0.05) is 46.8 Å². The first-order chi connectivity index (χ1) is 27.5. The Kier molecular flexibility index (Phi) is 7.63. The average Bonchev–Trinajstić information content (AvgIpc) is 3.59. The van der Waals surface area contributed by atoms with Crippen molar-refractivity contribution in [3.05, 3.63) is 89.0 Å². The first-order valence-electron chi connectivity index (χ1n) is 20.1. The van der Waals surface area contributed by atoms with Gasteiger partial charge in [0, 0.05) is 39.5 Å². The predicted octanol–water partition coefficient (Wildman–Crippen LogP) is 9.34. The van der Waals surface area contributed by atoms with Crippen LogP contribution in [0.3, 0.4) is 0 Å². The summed E-state index contributed by atoms with van der Waals surface area (Å²) in [5, 5.41) is 2.50. The van der Waals surface area contributed by atoms with E-state index >= 15 is 0 Å². The maximum absolute atomic E-state index is 6.38. The van der Waals surface area contributed by atoms with E-state index < -0.39 is 0 Å². The minimum atomic E-state index is -0.0939. The summed E-state index contributed by atoms with van der Waals surface area (Å²) < 4.78 is 38.7. The molecule has 0 spiro atoms. The van der Waals surface area contributed by atoms with Crippen LogP contribution in [0.4, 0.5) is 33.4 Å². The molecule has 0 saturated carbocycles. The molecular weight excluding hydrogens is 731 g/mol. The maximum Gasteiger partial charge on any atom is 0.254 e. The first-order valence-corrected chi connectivity index (χ1v) is 20.9. The van der Waals surface area contributed by atoms with Gasteiger partial charge in [-0.3, -0.25) is 0 Å². The van der Waals surface area contributed by atoms with E-state index in [1.165, 1.54) is 48.3 Å². The zero-order chi connectivity index (χ0) is 38.9. The smallest absolute Gasteiger partial charge is 0.254 e. The van der Waals surface area contributed by atoms with Crippen molar-refractivity contribution in [3.63, 3.8) is 0 Å². The molecule has 10 heteroatoms. The van der Waals surface area contributed by atoms with Gasteiger partial charge in [-0.25, -0.2) is 0 Å². The first kappa shape index (κ1) is 34.7. The van der Waals surface area contributed by atoms with Gasteiger partial charge < -0.3 is 38.2 Å². The van der Waals surface area contributed by atoms with Gasteiger partial charge in [0.1, 0.15) is 39.6 Å². The van der Waals surface area contributed by atoms with Crippen molar-refractivity contribution in [3.8, 4) is 34.5 Å². The summed E-state index contributed by atoms with van der Waals surface area (Å²) in [4.78, 5) is 4.96. The summed E-state index contributed by atoms with van der Waals surface area (Å²) in [6.45, 7) is 18.9. The molecular formula is C47H45BN2O6S.